The van der Waals surface area contributed by atoms with Crippen LogP contribution in [-0.2, 0) is 14.8 Å². The first-order chi connectivity index (χ1) is 9.78. The molecule has 118 valence electrons. The quantitative estimate of drug-likeness (QED) is 0.793. The number of rotatable bonds is 8. The Balaban J connectivity index is 2.79. The molecule has 0 aromatic heterocycles. The van der Waals surface area contributed by atoms with Gasteiger partial charge in [0, 0.05) is 13.1 Å². The minimum Gasteiger partial charge on any atom is -0.493 e. The van der Waals surface area contributed by atoms with Crippen LogP contribution in [0.4, 0.5) is 0 Å². The molecular formula is C14H21NO5S. The van der Waals surface area contributed by atoms with Gasteiger partial charge in [0.1, 0.15) is 5.75 Å². The molecule has 21 heavy (non-hydrogen) atoms. The fraction of sp³-hybridized carbons (Fsp3) is 0.500. The first-order valence-electron chi connectivity index (χ1n) is 6.71. The van der Waals surface area contributed by atoms with Crippen LogP contribution in [-0.4, -0.2) is 43.5 Å². The summed E-state index contributed by atoms with van der Waals surface area (Å²) in [6.45, 7) is 3.82. The van der Waals surface area contributed by atoms with Crippen LogP contribution < -0.4 is 4.74 Å². The lowest BCUT2D eigenvalue weighted by molar-refractivity contribution is -0.137. The van der Waals surface area contributed by atoms with Crippen molar-refractivity contribution in [2.45, 2.75) is 37.6 Å². The van der Waals surface area contributed by atoms with Crippen LogP contribution in [0, 0.1) is 0 Å². The second-order valence-electron chi connectivity index (χ2n) is 4.74. The Labute approximate surface area is 125 Å². The molecule has 1 aromatic rings. The smallest absolute Gasteiger partial charge is 0.306 e. The summed E-state index contributed by atoms with van der Waals surface area (Å²) >= 11 is 0. The van der Waals surface area contributed by atoms with Gasteiger partial charge in [-0.05, 0) is 37.6 Å². The third kappa shape index (κ3) is 4.71. The lowest BCUT2D eigenvalue weighted by Crippen LogP contribution is -2.34. The molecule has 0 aliphatic carbocycles. The van der Waals surface area contributed by atoms with Crippen LogP contribution in [0.3, 0.4) is 0 Å². The molecule has 0 heterocycles. The standard InChI is InChI=1S/C14H21NO5S/c1-4-11(2)15(3)21(18,19)13-7-5-12(6-8-13)20-10-9-14(16)17/h5-8,11H,4,9-10H2,1-3H3,(H,16,17). The first kappa shape index (κ1) is 17.5. The summed E-state index contributed by atoms with van der Waals surface area (Å²) in [5.74, 6) is -0.495. The molecule has 0 spiro atoms. The van der Waals surface area contributed by atoms with Crippen LogP contribution in [0.25, 0.3) is 0 Å². The lowest BCUT2D eigenvalue weighted by atomic mass is 10.3. The molecule has 0 saturated carbocycles. The zero-order valence-electron chi connectivity index (χ0n) is 12.4. The number of nitrogens with zero attached hydrogens (tertiary/aromatic N) is 1. The van der Waals surface area contributed by atoms with E-state index < -0.39 is 16.0 Å². The van der Waals surface area contributed by atoms with Crippen molar-refractivity contribution in [2.24, 2.45) is 0 Å². The van der Waals surface area contributed by atoms with Gasteiger partial charge in [-0.2, -0.15) is 4.31 Å². The van der Waals surface area contributed by atoms with Crippen molar-refractivity contribution < 1.29 is 23.1 Å². The number of hydrogen-bond donors (Lipinski definition) is 1. The Morgan fingerprint density at radius 1 is 1.33 bits per heavy atom. The third-order valence-corrected chi connectivity index (χ3v) is 5.28. The topological polar surface area (TPSA) is 83.9 Å². The highest BCUT2D eigenvalue weighted by Gasteiger charge is 2.24. The van der Waals surface area contributed by atoms with E-state index in [-0.39, 0.29) is 24.0 Å². The largest absolute Gasteiger partial charge is 0.493 e. The molecule has 0 aliphatic heterocycles. The van der Waals surface area contributed by atoms with Gasteiger partial charge in [0.2, 0.25) is 10.0 Å². The predicted molar refractivity (Wildman–Crippen MR) is 78.9 cm³/mol. The van der Waals surface area contributed by atoms with Gasteiger partial charge in [-0.1, -0.05) is 6.92 Å². The van der Waals surface area contributed by atoms with E-state index in [1.54, 1.807) is 7.05 Å². The zero-order valence-corrected chi connectivity index (χ0v) is 13.3. The molecule has 0 fully saturated rings. The summed E-state index contributed by atoms with van der Waals surface area (Å²) in [6.07, 6.45) is 0.628. The molecule has 1 atom stereocenters. The molecule has 7 heteroatoms. The van der Waals surface area contributed by atoms with Gasteiger partial charge in [-0.3, -0.25) is 4.79 Å². The van der Waals surface area contributed by atoms with E-state index in [4.69, 9.17) is 9.84 Å². The van der Waals surface area contributed by atoms with Gasteiger partial charge >= 0.3 is 5.97 Å². The Bertz CT molecular complexity index is 568. The summed E-state index contributed by atoms with van der Waals surface area (Å²) in [5.41, 5.74) is 0. The fourth-order valence-corrected chi connectivity index (χ4v) is 3.06. The highest BCUT2D eigenvalue weighted by Crippen LogP contribution is 2.21. The predicted octanol–water partition coefficient (Wildman–Crippen LogP) is 1.96. The first-order valence-corrected chi connectivity index (χ1v) is 8.15. The lowest BCUT2D eigenvalue weighted by Gasteiger charge is -2.23. The van der Waals surface area contributed by atoms with Gasteiger partial charge < -0.3 is 9.84 Å². The van der Waals surface area contributed by atoms with E-state index in [9.17, 15) is 13.2 Å². The maximum absolute atomic E-state index is 12.4. The molecule has 6 nitrogen and oxygen atoms in total. The second kappa shape index (κ2) is 7.42. The maximum atomic E-state index is 12.4. The van der Waals surface area contributed by atoms with Crippen molar-refractivity contribution in [2.75, 3.05) is 13.7 Å². The van der Waals surface area contributed by atoms with Gasteiger partial charge in [0.25, 0.3) is 0 Å². The van der Waals surface area contributed by atoms with Crippen LogP contribution in [0.15, 0.2) is 29.2 Å². The van der Waals surface area contributed by atoms with Crippen LogP contribution >= 0.6 is 0 Å². The average molecular weight is 315 g/mol. The SMILES string of the molecule is CCC(C)N(C)S(=O)(=O)c1ccc(OCCC(=O)O)cc1. The minimum absolute atomic E-state index is 0.0498. The summed E-state index contributed by atoms with van der Waals surface area (Å²) in [6, 6.07) is 5.90. The van der Waals surface area contributed by atoms with Crippen molar-refractivity contribution >= 4 is 16.0 Å². The molecule has 0 amide bonds. The molecule has 1 N–H and O–H groups in total. The molecule has 0 bridgehead atoms. The maximum Gasteiger partial charge on any atom is 0.306 e. The number of aliphatic carboxylic acids is 1. The van der Waals surface area contributed by atoms with Gasteiger partial charge in [0.15, 0.2) is 0 Å². The fourth-order valence-electron chi connectivity index (χ4n) is 1.62. The van der Waals surface area contributed by atoms with Crippen LogP contribution in [0.2, 0.25) is 0 Å². The molecule has 1 rings (SSSR count). The Hall–Kier alpha value is -1.60. The number of hydrogen-bond acceptors (Lipinski definition) is 4. The molecule has 0 aliphatic rings. The number of carbonyl (C=O) groups is 1. The number of ether oxygens (including phenoxy) is 1. The van der Waals surface area contributed by atoms with Crippen molar-refractivity contribution in [1.29, 1.82) is 0 Å². The monoisotopic (exact) mass is 315 g/mol. The number of benzene rings is 1. The van der Waals surface area contributed by atoms with E-state index >= 15 is 0 Å². The summed E-state index contributed by atoms with van der Waals surface area (Å²) in [7, 11) is -1.96. The average Bonchev–Trinajstić information content (AvgIpc) is 2.45. The van der Waals surface area contributed by atoms with Crippen molar-refractivity contribution in [3.05, 3.63) is 24.3 Å². The molecular weight excluding hydrogens is 294 g/mol. The Morgan fingerprint density at radius 2 is 1.90 bits per heavy atom. The molecule has 0 saturated heterocycles. The van der Waals surface area contributed by atoms with Crippen molar-refractivity contribution in [1.82, 2.24) is 4.31 Å². The number of carboxylic acids is 1. The minimum atomic E-state index is -3.52. The van der Waals surface area contributed by atoms with Crippen molar-refractivity contribution in [3.8, 4) is 5.75 Å². The molecule has 0 radical (unpaired) electrons. The Kier molecular flexibility index (Phi) is 6.17. The van der Waals surface area contributed by atoms with E-state index in [0.29, 0.717) is 5.75 Å². The second-order valence-corrected chi connectivity index (χ2v) is 6.74. The van der Waals surface area contributed by atoms with Crippen LogP contribution in [0.5, 0.6) is 5.75 Å². The van der Waals surface area contributed by atoms with Crippen molar-refractivity contribution in [3.63, 3.8) is 0 Å². The highest BCUT2D eigenvalue weighted by molar-refractivity contribution is 7.89. The summed E-state index contributed by atoms with van der Waals surface area (Å²) in [5, 5.41) is 8.51. The van der Waals surface area contributed by atoms with E-state index in [1.807, 2.05) is 13.8 Å². The van der Waals surface area contributed by atoms with Crippen LogP contribution in [0.1, 0.15) is 26.7 Å². The van der Waals surface area contributed by atoms with Gasteiger partial charge in [-0.15, -0.1) is 0 Å². The Morgan fingerprint density at radius 3 is 2.38 bits per heavy atom. The van der Waals surface area contributed by atoms with E-state index in [0.717, 1.165) is 6.42 Å². The third-order valence-electron chi connectivity index (χ3n) is 3.30. The van der Waals surface area contributed by atoms with E-state index in [2.05, 4.69) is 0 Å². The summed E-state index contributed by atoms with van der Waals surface area (Å²) < 4.78 is 31.3. The van der Waals surface area contributed by atoms with Gasteiger partial charge in [-0.25, -0.2) is 8.42 Å². The van der Waals surface area contributed by atoms with E-state index in [1.165, 1.54) is 28.6 Å². The highest BCUT2D eigenvalue weighted by atomic mass is 32.2. The zero-order chi connectivity index (χ0) is 16.0. The molecule has 1 unspecified atom stereocenters. The number of carboxylic acid groups (broad SMARTS) is 1. The number of sulfonamides is 1. The van der Waals surface area contributed by atoms with Gasteiger partial charge in [0.05, 0.1) is 17.9 Å². The summed E-state index contributed by atoms with van der Waals surface area (Å²) in [4.78, 5) is 10.6. The molecule has 1 aromatic carbocycles. The normalized spacial score (nSPS) is 13.1.